The molecular weight excluding hydrogens is 432 g/mol. The zero-order valence-electron chi connectivity index (χ0n) is 19.0. The molecule has 1 aliphatic heterocycles. The molecule has 2 unspecified atom stereocenters. The van der Waals surface area contributed by atoms with Crippen molar-refractivity contribution in [3.63, 3.8) is 0 Å². The molecule has 168 valence electrons. The molecule has 0 aromatic carbocycles. The van der Waals surface area contributed by atoms with Crippen LogP contribution < -0.4 is 5.56 Å². The van der Waals surface area contributed by atoms with Gasteiger partial charge >= 0.3 is 0 Å². The van der Waals surface area contributed by atoms with Gasteiger partial charge in [-0.3, -0.25) is 9.36 Å². The summed E-state index contributed by atoms with van der Waals surface area (Å²) in [5, 5.41) is 5.45. The lowest BCUT2D eigenvalue weighted by Crippen LogP contribution is -2.29. The van der Waals surface area contributed by atoms with E-state index in [0.29, 0.717) is 23.4 Å². The van der Waals surface area contributed by atoms with Crippen LogP contribution in [0.5, 0.6) is 0 Å². The minimum atomic E-state index is -0.184. The monoisotopic (exact) mass is 462 g/mol. The van der Waals surface area contributed by atoms with Crippen molar-refractivity contribution in [1.82, 2.24) is 19.7 Å². The van der Waals surface area contributed by atoms with Crippen LogP contribution >= 0.6 is 23.1 Å². The van der Waals surface area contributed by atoms with E-state index < -0.39 is 0 Å². The fourth-order valence-electron chi connectivity index (χ4n) is 3.81. The first kappa shape index (κ1) is 22.5. The normalized spacial score (nSPS) is 18.2. The van der Waals surface area contributed by atoms with Crippen molar-refractivity contribution in [1.29, 1.82) is 0 Å². The summed E-state index contributed by atoms with van der Waals surface area (Å²) in [4.78, 5) is 25.1. The van der Waals surface area contributed by atoms with Gasteiger partial charge in [-0.05, 0) is 38.7 Å². The van der Waals surface area contributed by atoms with Crippen molar-refractivity contribution in [2.75, 3.05) is 6.61 Å². The van der Waals surface area contributed by atoms with Crippen LogP contribution in [0.1, 0.15) is 74.9 Å². The molecule has 31 heavy (non-hydrogen) atoms. The van der Waals surface area contributed by atoms with Gasteiger partial charge in [0.05, 0.1) is 23.3 Å². The second kappa shape index (κ2) is 8.67. The molecule has 4 rings (SSSR count). The minimum Gasteiger partial charge on any atom is -0.376 e. The maximum Gasteiger partial charge on any atom is 0.263 e. The topological polar surface area (TPSA) is 83.0 Å². The molecule has 3 aromatic rings. The Morgan fingerprint density at radius 3 is 2.71 bits per heavy atom. The number of nitrogens with zero attached hydrogens (tertiary/aromatic N) is 4. The molecule has 2 atom stereocenters. The third kappa shape index (κ3) is 4.45. The lowest BCUT2D eigenvalue weighted by atomic mass is 9.96. The smallest absolute Gasteiger partial charge is 0.263 e. The SMILES string of the molecule is CCc1c(C)sc2nc(SC(C)c3nc(C(C)(C)C)no3)n(CC3CCCO3)c(=O)c12. The number of aryl methyl sites for hydroxylation is 2. The Balaban J connectivity index is 1.74. The Bertz CT molecular complexity index is 1140. The first-order chi connectivity index (χ1) is 14.7. The summed E-state index contributed by atoms with van der Waals surface area (Å²) in [6.45, 7) is 13.6. The number of hydrogen-bond donors (Lipinski definition) is 0. The second-order valence-electron chi connectivity index (χ2n) is 9.08. The van der Waals surface area contributed by atoms with Crippen molar-refractivity contribution in [2.24, 2.45) is 0 Å². The van der Waals surface area contributed by atoms with Crippen molar-refractivity contribution in [3.8, 4) is 0 Å². The van der Waals surface area contributed by atoms with E-state index in [0.717, 1.165) is 46.5 Å². The van der Waals surface area contributed by atoms with Gasteiger partial charge in [-0.1, -0.05) is 44.6 Å². The number of aromatic nitrogens is 4. The van der Waals surface area contributed by atoms with E-state index in [1.54, 1.807) is 15.9 Å². The summed E-state index contributed by atoms with van der Waals surface area (Å²) in [7, 11) is 0. The molecule has 0 radical (unpaired) electrons. The number of thioether (sulfide) groups is 1. The Labute approximate surface area is 190 Å². The predicted octanol–water partition coefficient (Wildman–Crippen LogP) is 5.04. The van der Waals surface area contributed by atoms with Crippen LogP contribution in [0, 0.1) is 6.92 Å². The van der Waals surface area contributed by atoms with Crippen LogP contribution in [-0.4, -0.2) is 32.4 Å². The van der Waals surface area contributed by atoms with E-state index in [4.69, 9.17) is 14.2 Å². The highest BCUT2D eigenvalue weighted by atomic mass is 32.2. The van der Waals surface area contributed by atoms with Crippen molar-refractivity contribution in [3.05, 3.63) is 32.5 Å². The molecule has 4 heterocycles. The number of fused-ring (bicyclic) bond motifs is 1. The molecule has 7 nitrogen and oxygen atoms in total. The minimum absolute atomic E-state index is 0.0253. The van der Waals surface area contributed by atoms with E-state index >= 15 is 0 Å². The third-order valence-electron chi connectivity index (χ3n) is 5.58. The summed E-state index contributed by atoms with van der Waals surface area (Å²) in [6, 6.07) is 0. The molecule has 0 N–H and O–H groups in total. The highest BCUT2D eigenvalue weighted by molar-refractivity contribution is 7.99. The van der Waals surface area contributed by atoms with Gasteiger partial charge in [-0.15, -0.1) is 11.3 Å². The van der Waals surface area contributed by atoms with Crippen LogP contribution in [0.2, 0.25) is 0 Å². The first-order valence-electron chi connectivity index (χ1n) is 10.8. The molecule has 9 heteroatoms. The van der Waals surface area contributed by atoms with Gasteiger partial charge in [0.15, 0.2) is 11.0 Å². The highest BCUT2D eigenvalue weighted by Gasteiger charge is 2.27. The summed E-state index contributed by atoms with van der Waals surface area (Å²) in [5.74, 6) is 1.22. The highest BCUT2D eigenvalue weighted by Crippen LogP contribution is 2.36. The first-order valence-corrected chi connectivity index (χ1v) is 12.5. The zero-order chi connectivity index (χ0) is 22.3. The average Bonchev–Trinajstić information content (AvgIpc) is 3.43. The Hall–Kier alpha value is -1.71. The van der Waals surface area contributed by atoms with Crippen molar-refractivity contribution in [2.45, 2.75) is 89.3 Å². The van der Waals surface area contributed by atoms with Gasteiger partial charge in [0.1, 0.15) is 4.83 Å². The standard InChI is InChI=1S/C22H30N4O3S2/c1-7-15-12(2)30-18-16(15)19(27)26(11-14-9-8-10-28-14)21(24-18)31-13(3)17-23-20(25-29-17)22(4,5)6/h13-14H,7-11H2,1-6H3. The summed E-state index contributed by atoms with van der Waals surface area (Å²) < 4.78 is 13.2. The van der Waals surface area contributed by atoms with Crippen LogP contribution in [0.4, 0.5) is 0 Å². The van der Waals surface area contributed by atoms with Crippen LogP contribution in [-0.2, 0) is 23.1 Å². The Morgan fingerprint density at radius 2 is 2.10 bits per heavy atom. The lowest BCUT2D eigenvalue weighted by molar-refractivity contribution is 0.0937. The summed E-state index contributed by atoms with van der Waals surface area (Å²) >= 11 is 3.08. The summed E-state index contributed by atoms with van der Waals surface area (Å²) in [6.07, 6.45) is 2.87. The largest absolute Gasteiger partial charge is 0.376 e. The molecule has 0 spiro atoms. The number of rotatable bonds is 6. The molecule has 0 saturated carbocycles. The molecule has 1 saturated heterocycles. The van der Waals surface area contributed by atoms with Gasteiger partial charge in [-0.25, -0.2) is 4.98 Å². The summed E-state index contributed by atoms with van der Waals surface area (Å²) in [5.41, 5.74) is 0.947. The fourth-order valence-corrected chi connectivity index (χ4v) is 5.92. The maximum absolute atomic E-state index is 13.6. The molecule has 0 amide bonds. The second-order valence-corrected chi connectivity index (χ2v) is 11.6. The van der Waals surface area contributed by atoms with E-state index in [2.05, 4.69) is 44.8 Å². The van der Waals surface area contributed by atoms with Gasteiger partial charge in [0, 0.05) is 16.9 Å². The molecule has 1 aliphatic rings. The van der Waals surface area contributed by atoms with Crippen LogP contribution in [0.3, 0.4) is 0 Å². The molecule has 0 aliphatic carbocycles. The quantitative estimate of drug-likeness (QED) is 0.375. The molecule has 1 fully saturated rings. The van der Waals surface area contributed by atoms with Crippen molar-refractivity contribution < 1.29 is 9.26 Å². The van der Waals surface area contributed by atoms with Crippen LogP contribution in [0.25, 0.3) is 10.2 Å². The molecular formula is C22H30N4O3S2. The predicted molar refractivity (Wildman–Crippen MR) is 124 cm³/mol. The van der Waals surface area contributed by atoms with E-state index in [1.807, 2.05) is 6.92 Å². The number of thiophene rings is 1. The van der Waals surface area contributed by atoms with Crippen molar-refractivity contribution >= 4 is 33.3 Å². The number of ether oxygens (including phenoxy) is 1. The third-order valence-corrected chi connectivity index (χ3v) is 7.70. The van der Waals surface area contributed by atoms with Gasteiger partial charge < -0.3 is 9.26 Å². The van der Waals surface area contributed by atoms with E-state index in [1.165, 1.54) is 11.8 Å². The van der Waals surface area contributed by atoms with E-state index in [9.17, 15) is 4.79 Å². The fraction of sp³-hybridized carbons (Fsp3) is 0.636. The molecule has 0 bridgehead atoms. The van der Waals surface area contributed by atoms with Gasteiger partial charge in [-0.2, -0.15) is 4.98 Å². The maximum atomic E-state index is 13.6. The zero-order valence-corrected chi connectivity index (χ0v) is 20.7. The van der Waals surface area contributed by atoms with Crippen LogP contribution in [0.15, 0.2) is 14.5 Å². The van der Waals surface area contributed by atoms with E-state index in [-0.39, 0.29) is 22.3 Å². The van der Waals surface area contributed by atoms with Gasteiger partial charge in [0.2, 0.25) is 5.89 Å². The Kier molecular flexibility index (Phi) is 6.29. The molecule has 3 aromatic heterocycles. The number of hydrogen-bond acceptors (Lipinski definition) is 8. The lowest BCUT2D eigenvalue weighted by Gasteiger charge is -2.17. The Morgan fingerprint density at radius 1 is 1.32 bits per heavy atom. The average molecular weight is 463 g/mol. The van der Waals surface area contributed by atoms with Gasteiger partial charge in [0.25, 0.3) is 5.56 Å².